The Balaban J connectivity index is 1.50. The Morgan fingerprint density at radius 2 is 1.79 bits per heavy atom. The van der Waals surface area contributed by atoms with Crippen LogP contribution >= 0.6 is 0 Å². The molecule has 11 nitrogen and oxygen atoms in total. The maximum Gasteiger partial charge on any atom is 0.407 e. The number of hydrogen-bond acceptors (Lipinski definition) is 8. The Labute approximate surface area is 224 Å². The lowest BCUT2D eigenvalue weighted by Crippen LogP contribution is -2.44. The third-order valence-corrected chi connectivity index (χ3v) is 6.62. The fourth-order valence-electron chi connectivity index (χ4n) is 4.64. The SMILES string of the molecule is COC(=O)c1ccc(Oc2ccnc3c2c(NC2CCCN(C(=O)O)C2)nn3Cc2ccc(OC)cc2)cc1. The summed E-state index contributed by atoms with van der Waals surface area (Å²) in [6.07, 6.45) is 2.28. The van der Waals surface area contributed by atoms with Crippen LogP contribution in [0, 0.1) is 0 Å². The molecule has 1 aliphatic heterocycles. The smallest absolute Gasteiger partial charge is 0.407 e. The predicted octanol–water partition coefficient (Wildman–Crippen LogP) is 4.62. The number of carbonyl (C=O) groups is 2. The lowest BCUT2D eigenvalue weighted by atomic mass is 10.1. The lowest BCUT2D eigenvalue weighted by molar-refractivity contribution is 0.0600. The van der Waals surface area contributed by atoms with Gasteiger partial charge in [-0.3, -0.25) is 0 Å². The molecule has 3 heterocycles. The molecule has 2 aromatic carbocycles. The Morgan fingerprint density at radius 1 is 1.05 bits per heavy atom. The monoisotopic (exact) mass is 531 g/mol. The number of ether oxygens (including phenoxy) is 3. The van der Waals surface area contributed by atoms with Crippen LogP contribution in [0.15, 0.2) is 60.8 Å². The van der Waals surface area contributed by atoms with Crippen molar-refractivity contribution in [2.24, 2.45) is 0 Å². The van der Waals surface area contributed by atoms with Crippen molar-refractivity contribution in [3.8, 4) is 17.2 Å². The van der Waals surface area contributed by atoms with Crippen LogP contribution in [0.1, 0.15) is 28.8 Å². The first-order valence-corrected chi connectivity index (χ1v) is 12.5. The van der Waals surface area contributed by atoms with Crippen LogP contribution in [0.3, 0.4) is 0 Å². The van der Waals surface area contributed by atoms with Gasteiger partial charge in [0, 0.05) is 31.4 Å². The van der Waals surface area contributed by atoms with E-state index in [4.69, 9.17) is 19.3 Å². The highest BCUT2D eigenvalue weighted by Gasteiger charge is 2.26. The minimum Gasteiger partial charge on any atom is -0.497 e. The molecule has 1 atom stereocenters. The number of fused-ring (bicyclic) bond motifs is 1. The number of carbonyl (C=O) groups excluding carboxylic acids is 1. The number of benzene rings is 2. The van der Waals surface area contributed by atoms with Crippen LogP contribution in [-0.2, 0) is 11.3 Å². The molecule has 1 amide bonds. The number of anilines is 1. The summed E-state index contributed by atoms with van der Waals surface area (Å²) in [6, 6.07) is 16.0. The summed E-state index contributed by atoms with van der Waals surface area (Å²) in [4.78, 5) is 29.4. The number of rotatable bonds is 8. The number of methoxy groups -OCH3 is 2. The molecule has 202 valence electrons. The molecular weight excluding hydrogens is 502 g/mol. The van der Waals surface area contributed by atoms with Gasteiger partial charge in [-0.2, -0.15) is 5.10 Å². The van der Waals surface area contributed by atoms with Gasteiger partial charge in [-0.05, 0) is 54.8 Å². The second-order valence-electron chi connectivity index (χ2n) is 9.19. The van der Waals surface area contributed by atoms with E-state index in [1.54, 1.807) is 48.3 Å². The van der Waals surface area contributed by atoms with Crippen molar-refractivity contribution >= 4 is 28.9 Å². The van der Waals surface area contributed by atoms with Gasteiger partial charge in [-0.15, -0.1) is 0 Å². The Kier molecular flexibility index (Phi) is 7.48. The average Bonchev–Trinajstić information content (AvgIpc) is 3.31. The number of piperidine rings is 1. The zero-order valence-electron chi connectivity index (χ0n) is 21.7. The average molecular weight is 532 g/mol. The van der Waals surface area contributed by atoms with E-state index in [0.29, 0.717) is 53.5 Å². The van der Waals surface area contributed by atoms with Gasteiger partial charge < -0.3 is 29.5 Å². The van der Waals surface area contributed by atoms with E-state index in [1.807, 2.05) is 24.3 Å². The van der Waals surface area contributed by atoms with Crippen molar-refractivity contribution in [3.63, 3.8) is 0 Å². The number of nitrogens with one attached hydrogen (secondary N) is 1. The van der Waals surface area contributed by atoms with Crippen molar-refractivity contribution in [3.05, 3.63) is 71.9 Å². The molecule has 1 saturated heterocycles. The highest BCUT2D eigenvalue weighted by molar-refractivity contribution is 5.94. The van der Waals surface area contributed by atoms with Gasteiger partial charge in [-0.25, -0.2) is 19.3 Å². The van der Waals surface area contributed by atoms with E-state index in [9.17, 15) is 14.7 Å². The molecule has 0 aliphatic carbocycles. The topological polar surface area (TPSA) is 128 Å². The maximum absolute atomic E-state index is 11.8. The number of amides is 1. The number of esters is 1. The first-order valence-electron chi connectivity index (χ1n) is 12.5. The fourth-order valence-corrected chi connectivity index (χ4v) is 4.64. The van der Waals surface area contributed by atoms with Crippen molar-refractivity contribution in [1.29, 1.82) is 0 Å². The molecule has 4 aromatic rings. The summed E-state index contributed by atoms with van der Waals surface area (Å²) in [5, 5.41) is 18.5. The molecule has 2 aromatic heterocycles. The van der Waals surface area contributed by atoms with E-state index in [2.05, 4.69) is 10.3 Å². The number of aromatic nitrogens is 3. The summed E-state index contributed by atoms with van der Waals surface area (Å²) in [7, 11) is 2.96. The number of pyridine rings is 1. The number of likely N-dealkylation sites (tertiary alicyclic amines) is 1. The van der Waals surface area contributed by atoms with Gasteiger partial charge in [-0.1, -0.05) is 12.1 Å². The summed E-state index contributed by atoms with van der Waals surface area (Å²) in [5.41, 5.74) is 2.04. The molecular formula is C28H29N5O6. The molecule has 0 bridgehead atoms. The molecule has 11 heteroatoms. The van der Waals surface area contributed by atoms with Gasteiger partial charge in [0.2, 0.25) is 0 Å². The second kappa shape index (κ2) is 11.3. The van der Waals surface area contributed by atoms with Crippen LogP contribution in [0.5, 0.6) is 17.2 Å². The zero-order chi connectivity index (χ0) is 27.4. The minimum absolute atomic E-state index is 0.116. The summed E-state index contributed by atoms with van der Waals surface area (Å²) < 4.78 is 18.1. The maximum atomic E-state index is 11.8. The fraction of sp³-hybridized carbons (Fsp3) is 0.286. The van der Waals surface area contributed by atoms with E-state index in [1.165, 1.54) is 12.0 Å². The molecule has 1 unspecified atom stereocenters. The number of hydrogen-bond donors (Lipinski definition) is 2. The van der Waals surface area contributed by atoms with Gasteiger partial charge in [0.1, 0.15) is 22.6 Å². The second-order valence-corrected chi connectivity index (χ2v) is 9.19. The quantitative estimate of drug-likeness (QED) is 0.313. The molecule has 39 heavy (non-hydrogen) atoms. The van der Waals surface area contributed by atoms with Gasteiger partial charge in [0.15, 0.2) is 11.5 Å². The predicted molar refractivity (Wildman–Crippen MR) is 144 cm³/mol. The first kappa shape index (κ1) is 25.8. The molecule has 1 fully saturated rings. The van der Waals surface area contributed by atoms with Gasteiger partial charge >= 0.3 is 12.1 Å². The van der Waals surface area contributed by atoms with Crippen LogP contribution in [0.4, 0.5) is 10.6 Å². The Morgan fingerprint density at radius 3 is 2.49 bits per heavy atom. The molecule has 5 rings (SSSR count). The van der Waals surface area contributed by atoms with Crippen LogP contribution < -0.4 is 14.8 Å². The Bertz CT molecular complexity index is 1470. The van der Waals surface area contributed by atoms with Crippen molar-refractivity contribution in [2.45, 2.75) is 25.4 Å². The zero-order valence-corrected chi connectivity index (χ0v) is 21.7. The van der Waals surface area contributed by atoms with Crippen LogP contribution in [-0.4, -0.2) is 70.2 Å². The normalized spacial score (nSPS) is 15.1. The van der Waals surface area contributed by atoms with Crippen LogP contribution in [0.2, 0.25) is 0 Å². The highest BCUT2D eigenvalue weighted by atomic mass is 16.5. The van der Waals surface area contributed by atoms with Gasteiger partial charge in [0.25, 0.3) is 0 Å². The van der Waals surface area contributed by atoms with Crippen LogP contribution in [0.25, 0.3) is 11.0 Å². The third-order valence-electron chi connectivity index (χ3n) is 6.62. The van der Waals surface area contributed by atoms with Crippen molar-refractivity contribution in [1.82, 2.24) is 19.7 Å². The molecule has 0 radical (unpaired) electrons. The lowest BCUT2D eigenvalue weighted by Gasteiger charge is -2.31. The largest absolute Gasteiger partial charge is 0.497 e. The molecule has 2 N–H and O–H groups in total. The standard InChI is InChI=1S/C28H29N5O6/c1-37-21-9-5-18(6-10-21)16-33-26-24(25(31-33)30-20-4-3-15-32(17-20)28(35)36)23(13-14-29-26)39-22-11-7-19(8-12-22)27(34)38-2/h5-14,20H,3-4,15-17H2,1-2H3,(H,30,31)(H,35,36). The Hall–Kier alpha value is -4.80. The van der Waals surface area contributed by atoms with E-state index < -0.39 is 12.1 Å². The van der Waals surface area contributed by atoms with Crippen molar-refractivity contribution in [2.75, 3.05) is 32.6 Å². The minimum atomic E-state index is -0.933. The highest BCUT2D eigenvalue weighted by Crippen LogP contribution is 2.35. The number of nitrogens with zero attached hydrogens (tertiary/aromatic N) is 4. The molecule has 0 saturated carbocycles. The first-order chi connectivity index (χ1) is 18.9. The van der Waals surface area contributed by atoms with Gasteiger partial charge in [0.05, 0.1) is 26.3 Å². The summed E-state index contributed by atoms with van der Waals surface area (Å²) in [5.74, 6) is 1.95. The van der Waals surface area contributed by atoms with E-state index in [0.717, 1.165) is 24.2 Å². The number of carboxylic acid groups (broad SMARTS) is 1. The summed E-state index contributed by atoms with van der Waals surface area (Å²) in [6.45, 7) is 1.32. The molecule has 0 spiro atoms. The van der Waals surface area contributed by atoms with Crippen molar-refractivity contribution < 1.29 is 28.9 Å². The van der Waals surface area contributed by atoms with E-state index in [-0.39, 0.29) is 6.04 Å². The third kappa shape index (κ3) is 5.71. The summed E-state index contributed by atoms with van der Waals surface area (Å²) >= 11 is 0. The van der Waals surface area contributed by atoms with E-state index >= 15 is 0 Å². The molecule has 1 aliphatic rings.